The Morgan fingerprint density at radius 1 is 1.16 bits per heavy atom. The molecule has 0 amide bonds. The van der Waals surface area contributed by atoms with E-state index in [2.05, 4.69) is 49.0 Å². The number of rotatable bonds is 10. The molecule has 110 valence electrons. The minimum Gasteiger partial charge on any atom is -0.312 e. The van der Waals surface area contributed by atoms with Crippen LogP contribution in [0.4, 0.5) is 0 Å². The lowest BCUT2D eigenvalue weighted by atomic mass is 10.0. The Labute approximate surface area is 118 Å². The van der Waals surface area contributed by atoms with Crippen molar-refractivity contribution in [3.8, 4) is 0 Å². The summed E-state index contributed by atoms with van der Waals surface area (Å²) in [4.78, 5) is 0. The fraction of sp³-hybridized carbons (Fsp3) is 0.812. The van der Waals surface area contributed by atoms with Crippen LogP contribution < -0.4 is 5.32 Å². The Kier molecular flexibility index (Phi) is 7.80. The average Bonchev–Trinajstić information content (AvgIpc) is 2.86. The molecule has 0 bridgehead atoms. The van der Waals surface area contributed by atoms with Gasteiger partial charge in [-0.1, -0.05) is 46.0 Å². The number of aromatic nitrogens is 2. The van der Waals surface area contributed by atoms with Gasteiger partial charge in [0.2, 0.25) is 0 Å². The smallest absolute Gasteiger partial charge is 0.0625 e. The topological polar surface area (TPSA) is 29.9 Å². The molecule has 0 aliphatic rings. The van der Waals surface area contributed by atoms with Crippen LogP contribution in [0, 0.1) is 0 Å². The SMILES string of the molecule is CCCCCCCC(NC)c1cc(CC)nn1CC. The molecule has 0 aromatic carbocycles. The van der Waals surface area contributed by atoms with E-state index in [1.807, 2.05) is 0 Å². The normalized spacial score (nSPS) is 12.8. The van der Waals surface area contributed by atoms with Gasteiger partial charge in [-0.25, -0.2) is 0 Å². The molecular formula is C16H31N3. The van der Waals surface area contributed by atoms with Gasteiger partial charge in [0.1, 0.15) is 0 Å². The Hall–Kier alpha value is -0.830. The van der Waals surface area contributed by atoms with Crippen LogP contribution in [0.1, 0.15) is 76.7 Å². The molecule has 0 spiro atoms. The van der Waals surface area contributed by atoms with Crippen LogP contribution in [0.3, 0.4) is 0 Å². The molecule has 1 heterocycles. The standard InChI is InChI=1S/C16H31N3/c1-5-8-9-10-11-12-15(17-4)16-13-14(6-2)18-19(16)7-3/h13,15,17H,5-12H2,1-4H3. The fourth-order valence-corrected chi connectivity index (χ4v) is 2.59. The summed E-state index contributed by atoms with van der Waals surface area (Å²) >= 11 is 0. The van der Waals surface area contributed by atoms with Crippen molar-refractivity contribution in [1.29, 1.82) is 0 Å². The second-order valence-corrected chi connectivity index (χ2v) is 5.27. The maximum atomic E-state index is 4.65. The molecule has 1 unspecified atom stereocenters. The Balaban J connectivity index is 2.55. The monoisotopic (exact) mass is 265 g/mol. The van der Waals surface area contributed by atoms with Crippen molar-refractivity contribution in [2.75, 3.05) is 7.05 Å². The number of hydrogen-bond donors (Lipinski definition) is 1. The van der Waals surface area contributed by atoms with E-state index in [9.17, 15) is 0 Å². The van der Waals surface area contributed by atoms with Crippen molar-refractivity contribution < 1.29 is 0 Å². The summed E-state index contributed by atoms with van der Waals surface area (Å²) in [5, 5.41) is 8.11. The van der Waals surface area contributed by atoms with Gasteiger partial charge in [-0.15, -0.1) is 0 Å². The van der Waals surface area contributed by atoms with Gasteiger partial charge in [0.15, 0.2) is 0 Å². The molecule has 3 heteroatoms. The minimum absolute atomic E-state index is 0.453. The van der Waals surface area contributed by atoms with E-state index in [0.29, 0.717) is 6.04 Å². The summed E-state index contributed by atoms with van der Waals surface area (Å²) in [7, 11) is 2.06. The molecule has 1 aromatic rings. The van der Waals surface area contributed by atoms with Crippen LogP contribution in [0.5, 0.6) is 0 Å². The Bertz CT molecular complexity index is 344. The van der Waals surface area contributed by atoms with Gasteiger partial charge in [-0.2, -0.15) is 5.10 Å². The predicted octanol–water partition coefficient (Wildman–Crippen LogP) is 4.09. The number of unbranched alkanes of at least 4 members (excludes halogenated alkanes) is 4. The van der Waals surface area contributed by atoms with Crippen molar-refractivity contribution in [1.82, 2.24) is 15.1 Å². The summed E-state index contributed by atoms with van der Waals surface area (Å²) in [5.74, 6) is 0. The first-order chi connectivity index (χ1) is 9.26. The quantitative estimate of drug-likeness (QED) is 0.646. The van der Waals surface area contributed by atoms with Gasteiger partial charge >= 0.3 is 0 Å². The van der Waals surface area contributed by atoms with Crippen molar-refractivity contribution in [2.45, 2.75) is 78.3 Å². The lowest BCUT2D eigenvalue weighted by Gasteiger charge is -2.17. The molecule has 0 saturated carbocycles. The average molecular weight is 265 g/mol. The largest absolute Gasteiger partial charge is 0.312 e. The van der Waals surface area contributed by atoms with E-state index in [1.165, 1.54) is 49.9 Å². The van der Waals surface area contributed by atoms with Crippen molar-refractivity contribution >= 4 is 0 Å². The molecule has 0 fully saturated rings. The fourth-order valence-electron chi connectivity index (χ4n) is 2.59. The van der Waals surface area contributed by atoms with E-state index >= 15 is 0 Å². The van der Waals surface area contributed by atoms with Gasteiger partial charge in [0.05, 0.1) is 11.4 Å². The zero-order chi connectivity index (χ0) is 14.1. The molecule has 1 aromatic heterocycles. The molecule has 0 radical (unpaired) electrons. The number of hydrogen-bond acceptors (Lipinski definition) is 2. The van der Waals surface area contributed by atoms with Crippen LogP contribution in [-0.4, -0.2) is 16.8 Å². The van der Waals surface area contributed by atoms with Crippen LogP contribution in [0.15, 0.2) is 6.07 Å². The third kappa shape index (κ3) is 4.98. The highest BCUT2D eigenvalue weighted by Crippen LogP contribution is 2.21. The number of nitrogens with one attached hydrogen (secondary N) is 1. The van der Waals surface area contributed by atoms with Crippen molar-refractivity contribution in [3.05, 3.63) is 17.5 Å². The minimum atomic E-state index is 0.453. The van der Waals surface area contributed by atoms with Crippen LogP contribution >= 0.6 is 0 Å². The molecule has 3 nitrogen and oxygen atoms in total. The molecule has 1 atom stereocenters. The molecule has 0 saturated heterocycles. The van der Waals surface area contributed by atoms with Gasteiger partial charge in [0.25, 0.3) is 0 Å². The van der Waals surface area contributed by atoms with E-state index in [4.69, 9.17) is 0 Å². The van der Waals surface area contributed by atoms with Crippen molar-refractivity contribution in [2.24, 2.45) is 0 Å². The van der Waals surface area contributed by atoms with Gasteiger partial charge in [-0.05, 0) is 32.9 Å². The molecule has 1 N–H and O–H groups in total. The second kappa shape index (κ2) is 9.13. The van der Waals surface area contributed by atoms with Crippen LogP contribution in [-0.2, 0) is 13.0 Å². The van der Waals surface area contributed by atoms with Gasteiger partial charge in [-0.3, -0.25) is 4.68 Å². The summed E-state index contributed by atoms with van der Waals surface area (Å²) in [6.07, 6.45) is 8.96. The Morgan fingerprint density at radius 3 is 2.47 bits per heavy atom. The van der Waals surface area contributed by atoms with E-state index < -0.39 is 0 Å². The summed E-state index contributed by atoms with van der Waals surface area (Å²) in [6.45, 7) is 7.57. The van der Waals surface area contributed by atoms with Crippen LogP contribution in [0.2, 0.25) is 0 Å². The summed E-state index contributed by atoms with van der Waals surface area (Å²) in [6, 6.07) is 2.73. The third-order valence-corrected chi connectivity index (χ3v) is 3.83. The molecule has 19 heavy (non-hydrogen) atoms. The highest BCUT2D eigenvalue weighted by atomic mass is 15.3. The maximum absolute atomic E-state index is 4.65. The first-order valence-corrected chi connectivity index (χ1v) is 8.00. The zero-order valence-corrected chi connectivity index (χ0v) is 13.2. The summed E-state index contributed by atoms with van der Waals surface area (Å²) < 4.78 is 2.16. The van der Waals surface area contributed by atoms with E-state index in [1.54, 1.807) is 0 Å². The molecule has 1 rings (SSSR count). The molecule has 0 aliphatic heterocycles. The lowest BCUT2D eigenvalue weighted by Crippen LogP contribution is -2.20. The highest BCUT2D eigenvalue weighted by molar-refractivity contribution is 5.14. The molecule has 0 aliphatic carbocycles. The van der Waals surface area contributed by atoms with E-state index in [0.717, 1.165) is 13.0 Å². The lowest BCUT2D eigenvalue weighted by molar-refractivity contribution is 0.461. The first-order valence-electron chi connectivity index (χ1n) is 8.00. The number of nitrogens with zero attached hydrogens (tertiary/aromatic N) is 2. The van der Waals surface area contributed by atoms with Crippen LogP contribution in [0.25, 0.3) is 0 Å². The third-order valence-electron chi connectivity index (χ3n) is 3.83. The van der Waals surface area contributed by atoms with Crippen molar-refractivity contribution in [3.63, 3.8) is 0 Å². The Morgan fingerprint density at radius 2 is 1.89 bits per heavy atom. The summed E-state index contributed by atoms with van der Waals surface area (Å²) in [5.41, 5.74) is 2.57. The zero-order valence-electron chi connectivity index (χ0n) is 13.2. The second-order valence-electron chi connectivity index (χ2n) is 5.27. The maximum Gasteiger partial charge on any atom is 0.0625 e. The number of aryl methyl sites for hydroxylation is 2. The highest BCUT2D eigenvalue weighted by Gasteiger charge is 2.15. The van der Waals surface area contributed by atoms with E-state index in [-0.39, 0.29) is 0 Å². The first kappa shape index (κ1) is 16.2. The van der Waals surface area contributed by atoms with Gasteiger partial charge in [0, 0.05) is 12.6 Å². The predicted molar refractivity (Wildman–Crippen MR) is 82.5 cm³/mol. The van der Waals surface area contributed by atoms with Gasteiger partial charge < -0.3 is 5.32 Å². The molecular weight excluding hydrogens is 234 g/mol.